The highest BCUT2D eigenvalue weighted by molar-refractivity contribution is 8.26. The van der Waals surface area contributed by atoms with Crippen LogP contribution < -0.4 is 9.47 Å². The number of thiocarbonyl (C=S) groups is 1. The average molecular weight is 424 g/mol. The van der Waals surface area contributed by atoms with Crippen molar-refractivity contribution in [3.05, 3.63) is 63.3 Å². The molecular formula is C19H15ClFNO3S2. The van der Waals surface area contributed by atoms with Crippen LogP contribution in [-0.4, -0.2) is 29.3 Å². The van der Waals surface area contributed by atoms with Crippen LogP contribution in [0.1, 0.15) is 11.1 Å². The molecular weight excluding hydrogens is 409 g/mol. The molecule has 2 aromatic rings. The van der Waals surface area contributed by atoms with Gasteiger partial charge in [0.05, 0.1) is 17.0 Å². The van der Waals surface area contributed by atoms with Gasteiger partial charge in [-0.2, -0.15) is 0 Å². The normalized spacial score (nSPS) is 15.6. The van der Waals surface area contributed by atoms with Gasteiger partial charge in [-0.25, -0.2) is 4.39 Å². The molecule has 3 rings (SSSR count). The van der Waals surface area contributed by atoms with E-state index in [4.69, 9.17) is 33.3 Å². The van der Waals surface area contributed by atoms with E-state index in [1.165, 1.54) is 35.9 Å². The molecule has 1 fully saturated rings. The molecule has 8 heteroatoms. The Labute approximate surface area is 170 Å². The highest BCUT2D eigenvalue weighted by atomic mass is 35.5. The third-order valence-electron chi connectivity index (χ3n) is 3.91. The number of amides is 1. The first-order valence-corrected chi connectivity index (χ1v) is 9.46. The van der Waals surface area contributed by atoms with Crippen molar-refractivity contribution in [2.45, 2.75) is 6.61 Å². The zero-order valence-corrected chi connectivity index (χ0v) is 16.9. The van der Waals surface area contributed by atoms with Crippen molar-refractivity contribution >= 4 is 51.9 Å². The number of methoxy groups -OCH3 is 1. The fraction of sp³-hybridized carbons (Fsp3) is 0.158. The summed E-state index contributed by atoms with van der Waals surface area (Å²) in [7, 11) is 3.15. The van der Waals surface area contributed by atoms with Crippen LogP contribution in [-0.2, 0) is 11.4 Å². The summed E-state index contributed by atoms with van der Waals surface area (Å²) in [6.45, 7) is -0.0532. The number of benzene rings is 2. The van der Waals surface area contributed by atoms with E-state index in [9.17, 15) is 9.18 Å². The van der Waals surface area contributed by atoms with Crippen LogP contribution >= 0.6 is 35.6 Å². The molecule has 4 nitrogen and oxygen atoms in total. The Bertz CT molecular complexity index is 928. The Hall–Kier alpha value is -2.09. The minimum Gasteiger partial charge on any atom is -0.493 e. The fourth-order valence-corrected chi connectivity index (χ4v) is 3.81. The summed E-state index contributed by atoms with van der Waals surface area (Å²) in [6.07, 6.45) is 1.73. The summed E-state index contributed by atoms with van der Waals surface area (Å²) in [4.78, 5) is 14.1. The van der Waals surface area contributed by atoms with Crippen molar-refractivity contribution in [2.75, 3.05) is 14.2 Å². The van der Waals surface area contributed by atoms with Gasteiger partial charge in [-0.05, 0) is 35.9 Å². The first-order valence-electron chi connectivity index (χ1n) is 7.86. The van der Waals surface area contributed by atoms with Crippen LogP contribution in [0.4, 0.5) is 4.39 Å². The van der Waals surface area contributed by atoms with E-state index >= 15 is 0 Å². The highest BCUT2D eigenvalue weighted by Gasteiger charge is 2.28. The van der Waals surface area contributed by atoms with Crippen LogP contribution in [0, 0.1) is 5.82 Å². The molecule has 1 heterocycles. The van der Waals surface area contributed by atoms with Crippen molar-refractivity contribution in [3.63, 3.8) is 0 Å². The largest absolute Gasteiger partial charge is 0.493 e. The topological polar surface area (TPSA) is 38.8 Å². The molecule has 1 amide bonds. The summed E-state index contributed by atoms with van der Waals surface area (Å²) in [5.41, 5.74) is 0.998. The van der Waals surface area contributed by atoms with Gasteiger partial charge in [0.25, 0.3) is 5.91 Å². The Kier molecular flexibility index (Phi) is 6.04. The van der Waals surface area contributed by atoms with Crippen LogP contribution in [0.5, 0.6) is 11.5 Å². The summed E-state index contributed by atoms with van der Waals surface area (Å²) in [5.74, 6) is 0.311. The van der Waals surface area contributed by atoms with E-state index in [2.05, 4.69) is 0 Å². The van der Waals surface area contributed by atoms with E-state index in [1.807, 2.05) is 0 Å². The second kappa shape index (κ2) is 8.29. The molecule has 1 aliphatic rings. The van der Waals surface area contributed by atoms with E-state index in [0.717, 1.165) is 5.56 Å². The molecule has 0 N–H and O–H groups in total. The minimum absolute atomic E-state index is 0.0532. The molecule has 0 atom stereocenters. The number of likely N-dealkylation sites (N-methyl/N-ethyl adjacent to an activating group) is 1. The SMILES string of the molecule is COc1ccc(/C=C2\SC(=S)N(C)C2=O)cc1OCc1c(F)cccc1Cl. The second-order valence-electron chi connectivity index (χ2n) is 5.64. The van der Waals surface area contributed by atoms with Crippen molar-refractivity contribution in [2.24, 2.45) is 0 Å². The molecule has 1 saturated heterocycles. The Balaban J connectivity index is 1.86. The predicted octanol–water partition coefficient (Wildman–Crippen LogP) is 4.90. The van der Waals surface area contributed by atoms with Crippen LogP contribution in [0.15, 0.2) is 41.3 Å². The van der Waals surface area contributed by atoms with E-state index < -0.39 is 5.82 Å². The highest BCUT2D eigenvalue weighted by Crippen LogP contribution is 2.34. The van der Waals surface area contributed by atoms with Gasteiger partial charge in [-0.15, -0.1) is 0 Å². The van der Waals surface area contributed by atoms with Crippen molar-refractivity contribution in [3.8, 4) is 11.5 Å². The van der Waals surface area contributed by atoms with Gasteiger partial charge in [-0.1, -0.05) is 47.7 Å². The number of nitrogens with zero attached hydrogens (tertiary/aromatic N) is 1. The molecule has 0 bridgehead atoms. The number of carbonyl (C=O) groups excluding carboxylic acids is 1. The number of rotatable bonds is 5. The zero-order valence-electron chi connectivity index (χ0n) is 14.5. The number of thioether (sulfide) groups is 1. The summed E-state index contributed by atoms with van der Waals surface area (Å²) < 4.78 is 25.5. The summed E-state index contributed by atoms with van der Waals surface area (Å²) in [6, 6.07) is 9.69. The first kappa shape index (κ1) is 19.7. The maximum Gasteiger partial charge on any atom is 0.265 e. The Morgan fingerprint density at radius 2 is 2.07 bits per heavy atom. The standard InChI is InChI=1S/C19H15ClFNO3S2/c1-22-18(23)17(27-19(22)26)9-11-6-7-15(24-2)16(8-11)25-10-12-13(20)4-3-5-14(12)21/h3-9H,10H2,1-2H3/b17-9-. The lowest BCUT2D eigenvalue weighted by atomic mass is 10.1. The van der Waals surface area contributed by atoms with Gasteiger partial charge in [0.1, 0.15) is 16.7 Å². The average Bonchev–Trinajstić information content (AvgIpc) is 2.88. The number of ether oxygens (including phenoxy) is 2. The fourth-order valence-electron chi connectivity index (χ4n) is 2.41. The molecule has 27 heavy (non-hydrogen) atoms. The van der Waals surface area contributed by atoms with Crippen molar-refractivity contribution in [1.82, 2.24) is 4.90 Å². The van der Waals surface area contributed by atoms with E-state index in [0.29, 0.717) is 20.7 Å². The van der Waals surface area contributed by atoms with Gasteiger partial charge in [0.2, 0.25) is 0 Å². The van der Waals surface area contributed by atoms with Gasteiger partial charge < -0.3 is 9.47 Å². The van der Waals surface area contributed by atoms with Gasteiger partial charge in [0.15, 0.2) is 11.5 Å². The van der Waals surface area contributed by atoms with Gasteiger partial charge in [0, 0.05) is 12.6 Å². The zero-order chi connectivity index (χ0) is 19.6. The molecule has 2 aromatic carbocycles. The second-order valence-corrected chi connectivity index (χ2v) is 7.72. The third-order valence-corrected chi connectivity index (χ3v) is 5.74. The van der Waals surface area contributed by atoms with Crippen LogP contribution in [0.3, 0.4) is 0 Å². The lowest BCUT2D eigenvalue weighted by molar-refractivity contribution is -0.121. The van der Waals surface area contributed by atoms with E-state index in [-0.39, 0.29) is 23.1 Å². The minimum atomic E-state index is -0.441. The summed E-state index contributed by atoms with van der Waals surface area (Å²) in [5, 5.41) is 0.289. The maximum absolute atomic E-state index is 13.9. The lowest BCUT2D eigenvalue weighted by Crippen LogP contribution is -2.22. The molecule has 0 radical (unpaired) electrons. The molecule has 0 saturated carbocycles. The van der Waals surface area contributed by atoms with E-state index in [1.54, 1.807) is 37.4 Å². The maximum atomic E-state index is 13.9. The molecule has 0 spiro atoms. The third kappa shape index (κ3) is 4.26. The molecule has 1 aliphatic heterocycles. The Morgan fingerprint density at radius 1 is 1.30 bits per heavy atom. The number of hydrogen-bond donors (Lipinski definition) is 0. The quantitative estimate of drug-likeness (QED) is 0.505. The number of halogens is 2. The Morgan fingerprint density at radius 3 is 2.70 bits per heavy atom. The smallest absolute Gasteiger partial charge is 0.265 e. The molecule has 0 aromatic heterocycles. The predicted molar refractivity (Wildman–Crippen MR) is 110 cm³/mol. The van der Waals surface area contributed by atoms with Crippen molar-refractivity contribution < 1.29 is 18.7 Å². The first-order chi connectivity index (χ1) is 12.9. The number of carbonyl (C=O) groups is 1. The molecule has 0 aliphatic carbocycles. The van der Waals surface area contributed by atoms with Crippen LogP contribution in [0.2, 0.25) is 5.02 Å². The lowest BCUT2D eigenvalue weighted by Gasteiger charge is -2.13. The molecule has 0 unspecified atom stereocenters. The summed E-state index contributed by atoms with van der Waals surface area (Å²) >= 11 is 12.4. The van der Waals surface area contributed by atoms with Crippen molar-refractivity contribution in [1.29, 1.82) is 0 Å². The van der Waals surface area contributed by atoms with Gasteiger partial charge >= 0.3 is 0 Å². The van der Waals surface area contributed by atoms with Gasteiger partial charge in [-0.3, -0.25) is 9.69 Å². The number of hydrogen-bond acceptors (Lipinski definition) is 5. The monoisotopic (exact) mass is 423 g/mol. The van der Waals surface area contributed by atoms with Crippen LogP contribution in [0.25, 0.3) is 6.08 Å². The molecule has 140 valence electrons.